The Kier molecular flexibility index (Phi) is 8.14. The van der Waals surface area contributed by atoms with Crippen molar-refractivity contribution < 1.29 is 24.2 Å². The van der Waals surface area contributed by atoms with Crippen LogP contribution in [0.3, 0.4) is 0 Å². The van der Waals surface area contributed by atoms with E-state index in [-0.39, 0.29) is 25.0 Å². The van der Waals surface area contributed by atoms with Crippen molar-refractivity contribution in [3.8, 4) is 11.1 Å². The molecule has 0 radical (unpaired) electrons. The van der Waals surface area contributed by atoms with Crippen LogP contribution in [0.15, 0.2) is 61.3 Å². The highest BCUT2D eigenvalue weighted by atomic mass is 35.5. The first-order chi connectivity index (χ1) is 16.3. The van der Waals surface area contributed by atoms with E-state index in [1.165, 1.54) is 30.5 Å². The quantitative estimate of drug-likeness (QED) is 0.306. The van der Waals surface area contributed by atoms with E-state index in [1.807, 2.05) is 0 Å². The van der Waals surface area contributed by atoms with Gasteiger partial charge in [0.05, 0.1) is 18.2 Å². The third kappa shape index (κ3) is 5.86. The van der Waals surface area contributed by atoms with E-state index in [0.29, 0.717) is 16.1 Å². The van der Waals surface area contributed by atoms with Crippen LogP contribution in [0.25, 0.3) is 11.1 Å². The Bertz CT molecular complexity index is 1150. The van der Waals surface area contributed by atoms with E-state index >= 15 is 0 Å². The van der Waals surface area contributed by atoms with Crippen molar-refractivity contribution in [2.75, 3.05) is 6.61 Å². The van der Waals surface area contributed by atoms with Gasteiger partial charge in [0.25, 0.3) is 5.91 Å². The number of rotatable bonds is 11. The summed E-state index contributed by atoms with van der Waals surface area (Å²) in [6.45, 7) is 2.97. The lowest BCUT2D eigenvalue weighted by molar-refractivity contribution is -0.152. The Hall–Kier alpha value is -3.56. The molecule has 1 heterocycles. The highest BCUT2D eigenvalue weighted by Crippen LogP contribution is 2.31. The van der Waals surface area contributed by atoms with Gasteiger partial charge in [-0.05, 0) is 48.6 Å². The molecule has 0 aliphatic rings. The number of benzene rings is 2. The number of hydrogen-bond acceptors (Lipinski definition) is 5. The number of aliphatic hydroxyl groups is 1. The first-order valence-corrected chi connectivity index (χ1v) is 10.8. The molecule has 0 fully saturated rings. The molecule has 8 nitrogen and oxygen atoms in total. The number of aromatic amines is 1. The molecule has 0 aliphatic heterocycles. The van der Waals surface area contributed by atoms with Crippen LogP contribution in [-0.4, -0.2) is 50.1 Å². The average molecular weight is 487 g/mol. The van der Waals surface area contributed by atoms with E-state index in [0.717, 1.165) is 5.56 Å². The maximum absolute atomic E-state index is 14.2. The minimum Gasteiger partial charge on any atom is -0.481 e. The summed E-state index contributed by atoms with van der Waals surface area (Å²) in [6.07, 6.45) is 2.89. The molecule has 2 atom stereocenters. The Balaban J connectivity index is 1.86. The highest BCUT2D eigenvalue weighted by Gasteiger charge is 2.39. The molecule has 178 valence electrons. The fourth-order valence-corrected chi connectivity index (χ4v) is 3.94. The topological polar surface area (TPSA) is 128 Å². The third-order valence-electron chi connectivity index (χ3n) is 5.59. The van der Waals surface area contributed by atoms with Crippen molar-refractivity contribution in [3.05, 3.63) is 83.4 Å². The number of carboxylic acid groups (broad SMARTS) is 1. The molecule has 1 aromatic heterocycles. The van der Waals surface area contributed by atoms with Crippen LogP contribution in [0.1, 0.15) is 28.9 Å². The summed E-state index contributed by atoms with van der Waals surface area (Å²) in [6, 6.07) is 10.6. The summed E-state index contributed by atoms with van der Waals surface area (Å²) in [5.41, 5.74) is 0.269. The number of carbonyl (C=O) groups excluding carboxylic acids is 1. The number of carboxylic acids is 1. The van der Waals surface area contributed by atoms with Gasteiger partial charge >= 0.3 is 5.97 Å². The van der Waals surface area contributed by atoms with Gasteiger partial charge in [-0.2, -0.15) is 15.4 Å². The Labute approximate surface area is 200 Å². The molecule has 0 aliphatic carbocycles. The number of aliphatic carboxylic acids is 1. The largest absolute Gasteiger partial charge is 0.481 e. The summed E-state index contributed by atoms with van der Waals surface area (Å²) in [7, 11) is 0. The summed E-state index contributed by atoms with van der Waals surface area (Å²) in [5, 5.41) is 32.6. The molecule has 1 unspecified atom stereocenters. The molecular weight excluding hydrogens is 463 g/mol. The maximum atomic E-state index is 14.2. The molecular formula is C24H24ClFN4O4. The van der Waals surface area contributed by atoms with Gasteiger partial charge in [-0.3, -0.25) is 9.59 Å². The van der Waals surface area contributed by atoms with E-state index in [1.54, 1.807) is 24.3 Å². The number of halogens is 2. The standard InChI is InChI=1S/C24H24ClFN4O4/c1-2-9-24(14-31,23(33)34)12-18(28-22(32)21-13-27-30-29-21)10-15-3-5-16(6-4-15)19-11-17(25)7-8-20(19)26/h2-8,11,13,18,31H,1,9-10,12,14H2,(H,28,32)(H,33,34)(H,27,29,30)/t18-,24?/m1/s1. The van der Waals surface area contributed by atoms with E-state index in [2.05, 4.69) is 27.3 Å². The SMILES string of the molecule is C=CCC(CO)(C[C@@H](Cc1ccc(-c2cc(Cl)ccc2F)cc1)NC(=O)c1cn[nH]n1)C(=O)O. The molecule has 0 saturated carbocycles. The number of aromatic nitrogens is 3. The summed E-state index contributed by atoms with van der Waals surface area (Å²) in [5.74, 6) is -2.14. The monoisotopic (exact) mass is 486 g/mol. The number of carbonyl (C=O) groups is 2. The average Bonchev–Trinajstić information content (AvgIpc) is 3.36. The fraction of sp³-hybridized carbons (Fsp3) is 0.250. The van der Waals surface area contributed by atoms with Crippen LogP contribution >= 0.6 is 11.6 Å². The van der Waals surface area contributed by atoms with Gasteiger partial charge < -0.3 is 15.5 Å². The van der Waals surface area contributed by atoms with Crippen molar-refractivity contribution in [3.63, 3.8) is 0 Å². The van der Waals surface area contributed by atoms with E-state index < -0.39 is 35.8 Å². The summed E-state index contributed by atoms with van der Waals surface area (Å²) < 4.78 is 14.2. The van der Waals surface area contributed by atoms with Crippen molar-refractivity contribution in [2.24, 2.45) is 5.41 Å². The second-order valence-corrected chi connectivity index (χ2v) is 8.43. The normalized spacial score (nSPS) is 13.6. The first kappa shape index (κ1) is 25.1. The lowest BCUT2D eigenvalue weighted by Gasteiger charge is -2.31. The smallest absolute Gasteiger partial charge is 0.312 e. The zero-order valence-electron chi connectivity index (χ0n) is 18.2. The molecule has 2 aromatic carbocycles. The maximum Gasteiger partial charge on any atom is 0.312 e. The second-order valence-electron chi connectivity index (χ2n) is 7.99. The number of allylic oxidation sites excluding steroid dienone is 1. The minimum absolute atomic E-state index is 0.0160. The van der Waals surface area contributed by atoms with Crippen LogP contribution in [-0.2, 0) is 11.2 Å². The van der Waals surface area contributed by atoms with Gasteiger partial charge in [-0.15, -0.1) is 6.58 Å². The van der Waals surface area contributed by atoms with E-state index in [9.17, 15) is 24.2 Å². The number of hydrogen-bond donors (Lipinski definition) is 4. The number of amides is 1. The van der Waals surface area contributed by atoms with Crippen molar-refractivity contribution in [1.29, 1.82) is 0 Å². The molecule has 0 bridgehead atoms. The van der Waals surface area contributed by atoms with Gasteiger partial charge in [0.2, 0.25) is 0 Å². The fourth-order valence-electron chi connectivity index (χ4n) is 3.77. The molecule has 0 saturated heterocycles. The van der Waals surface area contributed by atoms with Crippen LogP contribution < -0.4 is 5.32 Å². The molecule has 10 heteroatoms. The molecule has 1 amide bonds. The van der Waals surface area contributed by atoms with Gasteiger partial charge in [0.1, 0.15) is 5.82 Å². The lowest BCUT2D eigenvalue weighted by atomic mass is 9.78. The first-order valence-electron chi connectivity index (χ1n) is 10.4. The predicted molar refractivity (Wildman–Crippen MR) is 125 cm³/mol. The summed E-state index contributed by atoms with van der Waals surface area (Å²) >= 11 is 5.99. The van der Waals surface area contributed by atoms with Crippen molar-refractivity contribution >= 4 is 23.5 Å². The van der Waals surface area contributed by atoms with Gasteiger partial charge in [-0.25, -0.2) is 4.39 Å². The van der Waals surface area contributed by atoms with Crippen molar-refractivity contribution in [1.82, 2.24) is 20.7 Å². The Morgan fingerprint density at radius 1 is 1.26 bits per heavy atom. The molecule has 3 aromatic rings. The number of aliphatic hydroxyl groups excluding tert-OH is 1. The van der Waals surface area contributed by atoms with Crippen LogP contribution in [0.4, 0.5) is 4.39 Å². The van der Waals surface area contributed by atoms with E-state index in [4.69, 9.17) is 11.6 Å². The zero-order valence-corrected chi connectivity index (χ0v) is 18.9. The minimum atomic E-state index is -1.52. The molecule has 3 rings (SSSR count). The second kappa shape index (κ2) is 11.0. The van der Waals surface area contributed by atoms with Gasteiger partial charge in [0, 0.05) is 16.6 Å². The third-order valence-corrected chi connectivity index (χ3v) is 5.82. The Morgan fingerprint density at radius 2 is 2.00 bits per heavy atom. The zero-order chi connectivity index (χ0) is 24.7. The number of nitrogens with one attached hydrogen (secondary N) is 2. The van der Waals surface area contributed by atoms with Crippen molar-refractivity contribution in [2.45, 2.75) is 25.3 Å². The molecule has 34 heavy (non-hydrogen) atoms. The number of H-pyrrole nitrogens is 1. The van der Waals surface area contributed by atoms with Gasteiger partial charge in [-0.1, -0.05) is 41.9 Å². The van der Waals surface area contributed by atoms with Crippen LogP contribution in [0.2, 0.25) is 5.02 Å². The lowest BCUT2D eigenvalue weighted by Crippen LogP contribution is -2.45. The Morgan fingerprint density at radius 3 is 2.59 bits per heavy atom. The number of nitrogens with zero attached hydrogens (tertiary/aromatic N) is 2. The van der Waals surface area contributed by atoms with Gasteiger partial charge in [0.15, 0.2) is 5.69 Å². The molecule has 0 spiro atoms. The highest BCUT2D eigenvalue weighted by molar-refractivity contribution is 6.30. The summed E-state index contributed by atoms with van der Waals surface area (Å²) in [4.78, 5) is 24.6. The van der Waals surface area contributed by atoms with Crippen LogP contribution in [0, 0.1) is 11.2 Å². The molecule has 4 N–H and O–H groups in total. The predicted octanol–water partition coefficient (Wildman–Crippen LogP) is 3.63. The van der Waals surface area contributed by atoms with Crippen LogP contribution in [0.5, 0.6) is 0 Å².